The molecule has 0 fully saturated rings. The van der Waals surface area contributed by atoms with Gasteiger partial charge in [-0.05, 0) is 42.9 Å². The molecule has 28 heavy (non-hydrogen) atoms. The van der Waals surface area contributed by atoms with Gasteiger partial charge in [-0.1, -0.05) is 54.6 Å². The van der Waals surface area contributed by atoms with Gasteiger partial charge in [-0.15, -0.1) is 11.3 Å². The van der Waals surface area contributed by atoms with Crippen LogP contribution in [0.2, 0.25) is 0 Å². The van der Waals surface area contributed by atoms with Crippen molar-refractivity contribution >= 4 is 21.4 Å². The van der Waals surface area contributed by atoms with Crippen molar-refractivity contribution in [3.05, 3.63) is 75.7 Å². The Labute approximate surface area is 170 Å². The first-order valence-corrected chi connectivity index (χ1v) is 12.2. The van der Waals surface area contributed by atoms with Crippen LogP contribution >= 0.6 is 11.3 Å². The van der Waals surface area contributed by atoms with Gasteiger partial charge in [-0.2, -0.15) is 0 Å². The minimum Gasteiger partial charge on any atom is -0.246 e. The molecule has 1 aromatic heterocycles. The Morgan fingerprint density at radius 3 is 2.61 bits per heavy atom. The van der Waals surface area contributed by atoms with Crippen LogP contribution in [0.5, 0.6) is 0 Å². The van der Waals surface area contributed by atoms with Crippen LogP contribution in [0.1, 0.15) is 33.5 Å². The van der Waals surface area contributed by atoms with Crippen LogP contribution in [0, 0.1) is 6.92 Å². The van der Waals surface area contributed by atoms with E-state index >= 15 is 0 Å². The van der Waals surface area contributed by atoms with Gasteiger partial charge in [0.2, 0.25) is 10.0 Å². The summed E-state index contributed by atoms with van der Waals surface area (Å²) in [5.41, 5.74) is 4.63. The van der Waals surface area contributed by atoms with Crippen molar-refractivity contribution in [3.63, 3.8) is 0 Å². The minimum absolute atomic E-state index is 0.0504. The highest BCUT2D eigenvalue weighted by molar-refractivity contribution is 7.88. The lowest BCUT2D eigenvalue weighted by atomic mass is 9.82. The van der Waals surface area contributed by atoms with E-state index < -0.39 is 10.0 Å². The normalized spacial score (nSPS) is 19.4. The van der Waals surface area contributed by atoms with Crippen molar-refractivity contribution < 1.29 is 8.42 Å². The molecule has 1 N–H and O–H groups in total. The van der Waals surface area contributed by atoms with Crippen LogP contribution in [0.15, 0.2) is 54.6 Å². The summed E-state index contributed by atoms with van der Waals surface area (Å²) in [6.45, 7) is 2.02. The number of rotatable bonds is 5. The molecule has 146 valence electrons. The SMILES string of the molecule is Cc1nc2c(s1)CC[C@H](NS(C)(=O)=O)[C@@H]2Cc1cccc(-c2ccccc2)c1. The van der Waals surface area contributed by atoms with Gasteiger partial charge in [0, 0.05) is 16.8 Å². The molecule has 2 aromatic carbocycles. The van der Waals surface area contributed by atoms with E-state index in [1.54, 1.807) is 11.3 Å². The third kappa shape index (κ3) is 4.35. The van der Waals surface area contributed by atoms with Crippen LogP contribution in [-0.4, -0.2) is 25.7 Å². The Morgan fingerprint density at radius 1 is 1.11 bits per heavy atom. The third-order valence-electron chi connectivity index (χ3n) is 5.21. The fourth-order valence-corrected chi connectivity index (χ4v) is 5.90. The monoisotopic (exact) mass is 412 g/mol. The molecule has 1 aliphatic rings. The number of sulfonamides is 1. The highest BCUT2D eigenvalue weighted by atomic mass is 32.2. The topological polar surface area (TPSA) is 59.1 Å². The van der Waals surface area contributed by atoms with E-state index in [1.165, 1.54) is 27.8 Å². The molecular formula is C22H24N2O2S2. The summed E-state index contributed by atoms with van der Waals surface area (Å²) in [7, 11) is -3.27. The first-order chi connectivity index (χ1) is 13.4. The summed E-state index contributed by atoms with van der Waals surface area (Å²) in [5, 5.41) is 1.05. The second kappa shape index (κ2) is 7.78. The molecule has 0 bridgehead atoms. The predicted molar refractivity (Wildman–Crippen MR) is 115 cm³/mol. The molecule has 1 aliphatic carbocycles. The average molecular weight is 413 g/mol. The number of nitrogens with one attached hydrogen (secondary N) is 1. The molecule has 0 unspecified atom stereocenters. The maximum absolute atomic E-state index is 11.9. The largest absolute Gasteiger partial charge is 0.246 e. The number of thiazole rings is 1. The van der Waals surface area contributed by atoms with Gasteiger partial charge in [-0.3, -0.25) is 0 Å². The first-order valence-electron chi connectivity index (χ1n) is 9.47. The second-order valence-electron chi connectivity index (χ2n) is 7.45. The third-order valence-corrected chi connectivity index (χ3v) is 6.99. The van der Waals surface area contributed by atoms with E-state index in [2.05, 4.69) is 41.1 Å². The Bertz CT molecular complexity index is 1070. The molecule has 0 aliphatic heterocycles. The van der Waals surface area contributed by atoms with Crippen molar-refractivity contribution in [2.24, 2.45) is 0 Å². The predicted octanol–water partition coefficient (Wildman–Crippen LogP) is 4.31. The number of aryl methyl sites for hydroxylation is 2. The summed E-state index contributed by atoms with van der Waals surface area (Å²) < 4.78 is 26.7. The molecule has 0 amide bonds. The Balaban J connectivity index is 1.67. The van der Waals surface area contributed by atoms with Gasteiger partial charge in [0.25, 0.3) is 0 Å². The van der Waals surface area contributed by atoms with Crippen LogP contribution in [0.4, 0.5) is 0 Å². The molecule has 1 heterocycles. The van der Waals surface area contributed by atoms with E-state index in [-0.39, 0.29) is 12.0 Å². The van der Waals surface area contributed by atoms with E-state index in [1.807, 2.05) is 25.1 Å². The number of hydrogen-bond donors (Lipinski definition) is 1. The fraction of sp³-hybridized carbons (Fsp3) is 0.318. The molecule has 4 rings (SSSR count). The van der Waals surface area contributed by atoms with Crippen LogP contribution in [0.25, 0.3) is 11.1 Å². The van der Waals surface area contributed by atoms with Gasteiger partial charge in [0.05, 0.1) is 17.0 Å². The molecule has 0 spiro atoms. The average Bonchev–Trinajstić information content (AvgIpc) is 3.04. The van der Waals surface area contributed by atoms with Crippen LogP contribution in [-0.2, 0) is 22.9 Å². The molecule has 0 radical (unpaired) electrons. The zero-order valence-corrected chi connectivity index (χ0v) is 17.7. The molecule has 2 atom stereocenters. The molecular weight excluding hydrogens is 388 g/mol. The number of benzene rings is 2. The van der Waals surface area contributed by atoms with Gasteiger partial charge >= 0.3 is 0 Å². The lowest BCUT2D eigenvalue weighted by Crippen LogP contribution is -2.42. The van der Waals surface area contributed by atoms with Gasteiger partial charge in [-0.25, -0.2) is 18.1 Å². The Hall–Kier alpha value is -2.02. The Kier molecular flexibility index (Phi) is 5.36. The standard InChI is InChI=1S/C22H24N2O2S2/c1-15-23-22-19(20(24-28(2,25)26)11-12-21(22)27-15)14-16-7-6-10-18(13-16)17-8-4-3-5-9-17/h3-10,13,19-20,24H,11-12,14H2,1-2H3/t19-,20-/m0/s1. The van der Waals surface area contributed by atoms with Crippen molar-refractivity contribution in [2.75, 3.05) is 6.26 Å². The summed E-state index contributed by atoms with van der Waals surface area (Å²) in [6, 6.07) is 18.7. The molecule has 6 heteroatoms. The van der Waals surface area contributed by atoms with Crippen LogP contribution < -0.4 is 4.72 Å². The number of hydrogen-bond acceptors (Lipinski definition) is 4. The summed E-state index contributed by atoms with van der Waals surface area (Å²) in [5.74, 6) is 0.0504. The number of aromatic nitrogens is 1. The first kappa shape index (κ1) is 19.3. The van der Waals surface area contributed by atoms with E-state index in [4.69, 9.17) is 4.98 Å². The highest BCUT2D eigenvalue weighted by Crippen LogP contribution is 2.37. The fourth-order valence-electron chi connectivity index (χ4n) is 4.05. The smallest absolute Gasteiger partial charge is 0.208 e. The Morgan fingerprint density at radius 2 is 1.86 bits per heavy atom. The van der Waals surface area contributed by atoms with Crippen molar-refractivity contribution in [1.82, 2.24) is 9.71 Å². The van der Waals surface area contributed by atoms with Crippen molar-refractivity contribution in [3.8, 4) is 11.1 Å². The zero-order chi connectivity index (χ0) is 19.7. The van der Waals surface area contributed by atoms with Gasteiger partial charge in [0.15, 0.2) is 0 Å². The van der Waals surface area contributed by atoms with Crippen molar-refractivity contribution in [1.29, 1.82) is 0 Å². The molecule has 4 nitrogen and oxygen atoms in total. The zero-order valence-electron chi connectivity index (χ0n) is 16.1. The van der Waals surface area contributed by atoms with Crippen LogP contribution in [0.3, 0.4) is 0 Å². The summed E-state index contributed by atoms with van der Waals surface area (Å²) >= 11 is 1.74. The number of nitrogens with zero attached hydrogens (tertiary/aromatic N) is 1. The lowest BCUT2D eigenvalue weighted by molar-refractivity contribution is 0.426. The van der Waals surface area contributed by atoms with E-state index in [9.17, 15) is 8.42 Å². The second-order valence-corrected chi connectivity index (χ2v) is 10.5. The minimum atomic E-state index is -3.27. The highest BCUT2D eigenvalue weighted by Gasteiger charge is 2.34. The lowest BCUT2D eigenvalue weighted by Gasteiger charge is -2.31. The molecule has 0 saturated carbocycles. The van der Waals surface area contributed by atoms with Gasteiger partial charge < -0.3 is 0 Å². The van der Waals surface area contributed by atoms with Gasteiger partial charge in [0.1, 0.15) is 0 Å². The van der Waals surface area contributed by atoms with E-state index in [0.29, 0.717) is 0 Å². The maximum Gasteiger partial charge on any atom is 0.208 e. The van der Waals surface area contributed by atoms with E-state index in [0.717, 1.165) is 30.0 Å². The quantitative estimate of drug-likeness (QED) is 0.679. The summed E-state index contributed by atoms with van der Waals surface area (Å²) in [4.78, 5) is 6.07. The summed E-state index contributed by atoms with van der Waals surface area (Å²) in [6.07, 6.45) is 3.70. The van der Waals surface area contributed by atoms with Crippen molar-refractivity contribution in [2.45, 2.75) is 38.1 Å². The number of fused-ring (bicyclic) bond motifs is 1. The molecule has 3 aromatic rings. The molecule has 0 saturated heterocycles. The maximum atomic E-state index is 11.9.